The fourth-order valence-corrected chi connectivity index (χ4v) is 0.982. The summed E-state index contributed by atoms with van der Waals surface area (Å²) in [4.78, 5) is 10.6. The van der Waals surface area contributed by atoms with Crippen molar-refractivity contribution in [2.75, 3.05) is 0 Å². The highest BCUT2D eigenvalue weighted by Crippen LogP contribution is 2.14. The van der Waals surface area contributed by atoms with E-state index in [9.17, 15) is 4.79 Å². The molecule has 64 valence electrons. The highest BCUT2D eigenvalue weighted by Gasteiger charge is 2.10. The van der Waals surface area contributed by atoms with E-state index in [1.54, 1.807) is 12.2 Å². The predicted octanol–water partition coefficient (Wildman–Crippen LogP) is 1.19. The molecule has 0 atom stereocenters. The third kappa shape index (κ3) is 1.75. The molecule has 0 saturated carbocycles. The third-order valence-electron chi connectivity index (χ3n) is 1.72. The molecule has 0 unspecified atom stereocenters. The number of carbonyl (C=O) groups is 1. The Hall–Kier alpha value is -1.51. The van der Waals surface area contributed by atoms with Gasteiger partial charge in [-0.25, -0.2) is 4.79 Å². The van der Waals surface area contributed by atoms with E-state index >= 15 is 0 Å². The van der Waals surface area contributed by atoms with Gasteiger partial charge in [0.1, 0.15) is 0 Å². The summed E-state index contributed by atoms with van der Waals surface area (Å²) in [6, 6.07) is 0. The summed E-state index contributed by atoms with van der Waals surface area (Å²) in [7, 11) is 0. The highest BCUT2D eigenvalue weighted by molar-refractivity contribution is 5.91. The van der Waals surface area contributed by atoms with E-state index in [0.29, 0.717) is 12.1 Å². The van der Waals surface area contributed by atoms with Crippen molar-refractivity contribution in [3.05, 3.63) is 35.1 Å². The van der Waals surface area contributed by atoms with Crippen LogP contribution in [-0.4, -0.2) is 11.1 Å². The third-order valence-corrected chi connectivity index (χ3v) is 1.72. The predicted molar refractivity (Wildman–Crippen MR) is 46.4 cm³/mol. The zero-order valence-electron chi connectivity index (χ0n) is 6.87. The molecule has 0 fully saturated rings. The van der Waals surface area contributed by atoms with Gasteiger partial charge < -0.3 is 10.8 Å². The molecule has 12 heavy (non-hydrogen) atoms. The monoisotopic (exact) mass is 165 g/mol. The summed E-state index contributed by atoms with van der Waals surface area (Å²) in [5.74, 6) is -0.966. The molecule has 0 spiro atoms. The summed E-state index contributed by atoms with van der Waals surface area (Å²) < 4.78 is 0. The van der Waals surface area contributed by atoms with E-state index in [-0.39, 0.29) is 5.57 Å². The summed E-state index contributed by atoms with van der Waals surface area (Å²) in [5, 5.41) is 8.71. The van der Waals surface area contributed by atoms with Crippen molar-refractivity contribution in [2.45, 2.75) is 13.3 Å². The van der Waals surface area contributed by atoms with E-state index in [1.807, 2.05) is 13.0 Å². The van der Waals surface area contributed by atoms with Gasteiger partial charge in [-0.05, 0) is 19.4 Å². The van der Waals surface area contributed by atoms with Gasteiger partial charge in [-0.3, -0.25) is 0 Å². The van der Waals surface area contributed by atoms with Crippen LogP contribution in [0.25, 0.3) is 0 Å². The van der Waals surface area contributed by atoms with Crippen molar-refractivity contribution in [1.29, 1.82) is 0 Å². The van der Waals surface area contributed by atoms with Crippen LogP contribution in [0.1, 0.15) is 13.3 Å². The molecule has 0 radical (unpaired) electrons. The molecule has 3 N–H and O–H groups in total. The minimum Gasteiger partial charge on any atom is -0.478 e. The van der Waals surface area contributed by atoms with Crippen molar-refractivity contribution in [2.24, 2.45) is 5.73 Å². The number of hydrogen-bond donors (Lipinski definition) is 2. The zero-order valence-corrected chi connectivity index (χ0v) is 6.87. The zero-order chi connectivity index (χ0) is 9.14. The molecule has 3 nitrogen and oxygen atoms in total. The lowest BCUT2D eigenvalue weighted by molar-refractivity contribution is -0.132. The first-order chi connectivity index (χ1) is 5.61. The molecule has 0 amide bonds. The Bertz CT molecular complexity index is 298. The van der Waals surface area contributed by atoms with Gasteiger partial charge in [0.15, 0.2) is 0 Å². The average molecular weight is 165 g/mol. The van der Waals surface area contributed by atoms with Gasteiger partial charge in [0.25, 0.3) is 0 Å². The summed E-state index contributed by atoms with van der Waals surface area (Å²) in [6.07, 6.45) is 5.75. The molecular formula is C9H11NO2. The SMILES string of the molecule is CC1=CC=C(N)C(C(=O)O)=CC1. The minimum atomic E-state index is -0.966. The van der Waals surface area contributed by atoms with Crippen molar-refractivity contribution in [3.63, 3.8) is 0 Å². The molecule has 3 heteroatoms. The van der Waals surface area contributed by atoms with Gasteiger partial charge >= 0.3 is 5.97 Å². The first-order valence-electron chi connectivity index (χ1n) is 3.68. The molecule has 1 aliphatic rings. The highest BCUT2D eigenvalue weighted by atomic mass is 16.4. The molecule has 0 aromatic carbocycles. The van der Waals surface area contributed by atoms with Crippen LogP contribution < -0.4 is 5.73 Å². The molecule has 0 heterocycles. The van der Waals surface area contributed by atoms with Crippen LogP contribution >= 0.6 is 0 Å². The normalized spacial score (nSPS) is 17.2. The topological polar surface area (TPSA) is 63.3 Å². The Morgan fingerprint density at radius 1 is 1.58 bits per heavy atom. The van der Waals surface area contributed by atoms with E-state index in [4.69, 9.17) is 10.8 Å². The lowest BCUT2D eigenvalue weighted by atomic mass is 10.1. The van der Waals surface area contributed by atoms with E-state index < -0.39 is 5.97 Å². The van der Waals surface area contributed by atoms with Crippen LogP contribution in [0, 0.1) is 0 Å². The first-order valence-corrected chi connectivity index (χ1v) is 3.68. The van der Waals surface area contributed by atoms with Gasteiger partial charge in [0, 0.05) is 5.70 Å². The van der Waals surface area contributed by atoms with Crippen LogP contribution in [0.5, 0.6) is 0 Å². The quantitative estimate of drug-likeness (QED) is 0.613. The van der Waals surface area contributed by atoms with Gasteiger partial charge in [-0.15, -0.1) is 0 Å². The van der Waals surface area contributed by atoms with Gasteiger partial charge in [0.2, 0.25) is 0 Å². The van der Waals surface area contributed by atoms with Crippen LogP contribution in [0.3, 0.4) is 0 Å². The minimum absolute atomic E-state index is 0.197. The molecule has 0 saturated heterocycles. The summed E-state index contributed by atoms with van der Waals surface area (Å²) in [6.45, 7) is 1.94. The Morgan fingerprint density at radius 2 is 2.25 bits per heavy atom. The van der Waals surface area contributed by atoms with Gasteiger partial charge in [-0.1, -0.05) is 17.7 Å². The number of rotatable bonds is 1. The molecule has 1 rings (SSSR count). The second-order valence-corrected chi connectivity index (χ2v) is 2.76. The van der Waals surface area contributed by atoms with Crippen molar-refractivity contribution < 1.29 is 9.90 Å². The molecule has 1 aliphatic carbocycles. The van der Waals surface area contributed by atoms with Crippen LogP contribution in [0.2, 0.25) is 0 Å². The molecule has 0 bridgehead atoms. The number of carboxylic acids is 1. The second-order valence-electron chi connectivity index (χ2n) is 2.76. The van der Waals surface area contributed by atoms with Crippen LogP contribution in [0.4, 0.5) is 0 Å². The number of aliphatic carboxylic acids is 1. The van der Waals surface area contributed by atoms with E-state index in [1.165, 1.54) is 0 Å². The average Bonchev–Trinajstić information content (AvgIpc) is 2.14. The number of hydrogen-bond acceptors (Lipinski definition) is 2. The lowest BCUT2D eigenvalue weighted by Crippen LogP contribution is -2.09. The maximum atomic E-state index is 10.6. The summed E-state index contributed by atoms with van der Waals surface area (Å²) >= 11 is 0. The largest absolute Gasteiger partial charge is 0.478 e. The lowest BCUT2D eigenvalue weighted by Gasteiger charge is -1.98. The Balaban J connectivity index is 3.00. The van der Waals surface area contributed by atoms with Crippen molar-refractivity contribution in [1.82, 2.24) is 0 Å². The number of carboxylic acid groups (broad SMARTS) is 1. The molecule has 0 aliphatic heterocycles. The van der Waals surface area contributed by atoms with Gasteiger partial charge in [0.05, 0.1) is 5.57 Å². The Labute approximate surface area is 70.9 Å². The van der Waals surface area contributed by atoms with E-state index in [0.717, 1.165) is 5.57 Å². The fourth-order valence-electron chi connectivity index (χ4n) is 0.982. The van der Waals surface area contributed by atoms with Crippen molar-refractivity contribution in [3.8, 4) is 0 Å². The maximum absolute atomic E-state index is 10.6. The Kier molecular flexibility index (Phi) is 2.33. The van der Waals surface area contributed by atoms with Crippen LogP contribution in [-0.2, 0) is 4.79 Å². The molecule has 0 aromatic rings. The molecular weight excluding hydrogens is 154 g/mol. The summed E-state index contributed by atoms with van der Waals surface area (Å²) in [5.41, 5.74) is 7.13. The smallest absolute Gasteiger partial charge is 0.337 e. The second kappa shape index (κ2) is 3.26. The standard InChI is InChI=1S/C9H11NO2/c1-6-2-4-7(9(11)12)8(10)5-3-6/h3-5H,2,10H2,1H3,(H,11,12). The number of nitrogens with two attached hydrogens (primary N) is 1. The first kappa shape index (κ1) is 8.59. The van der Waals surface area contributed by atoms with Crippen molar-refractivity contribution >= 4 is 5.97 Å². The van der Waals surface area contributed by atoms with E-state index in [2.05, 4.69) is 0 Å². The molecule has 0 aromatic heterocycles. The number of allylic oxidation sites excluding steroid dienone is 4. The maximum Gasteiger partial charge on any atom is 0.337 e. The fraction of sp³-hybridized carbons (Fsp3) is 0.222. The van der Waals surface area contributed by atoms with Crippen LogP contribution in [0.15, 0.2) is 35.1 Å². The van der Waals surface area contributed by atoms with Gasteiger partial charge in [-0.2, -0.15) is 0 Å². The Morgan fingerprint density at radius 3 is 2.83 bits per heavy atom.